The highest BCUT2D eigenvalue weighted by molar-refractivity contribution is 5.46. The van der Waals surface area contributed by atoms with Crippen LogP contribution in [0.1, 0.15) is 26.0 Å². The first kappa shape index (κ1) is 14.2. The van der Waals surface area contributed by atoms with Gasteiger partial charge in [-0.1, -0.05) is 13.8 Å². The summed E-state index contributed by atoms with van der Waals surface area (Å²) in [5.41, 5.74) is 7.85. The van der Waals surface area contributed by atoms with E-state index in [1.165, 1.54) is 0 Å². The van der Waals surface area contributed by atoms with Crippen molar-refractivity contribution in [3.63, 3.8) is 0 Å². The van der Waals surface area contributed by atoms with Gasteiger partial charge in [0.05, 0.1) is 18.5 Å². The summed E-state index contributed by atoms with van der Waals surface area (Å²) in [7, 11) is 1.62. The largest absolute Gasteiger partial charge is 0.497 e. The van der Waals surface area contributed by atoms with Gasteiger partial charge in [0.1, 0.15) is 11.4 Å². The summed E-state index contributed by atoms with van der Waals surface area (Å²) in [5, 5.41) is 0. The quantitative estimate of drug-likeness (QED) is 0.910. The second-order valence-corrected chi connectivity index (χ2v) is 4.65. The van der Waals surface area contributed by atoms with Gasteiger partial charge in [0.25, 0.3) is 5.56 Å². The molecule has 0 unspecified atom stereocenters. The maximum Gasteiger partial charge on any atom is 0.294 e. The number of nitrogens with zero attached hydrogens (tertiary/aromatic N) is 2. The third-order valence-corrected chi connectivity index (χ3v) is 3.37. The molecule has 2 aromatic rings. The van der Waals surface area contributed by atoms with Crippen molar-refractivity contribution in [3.05, 3.63) is 40.3 Å². The zero-order chi connectivity index (χ0) is 14.7. The lowest BCUT2D eigenvalue weighted by Gasteiger charge is -2.13. The van der Waals surface area contributed by atoms with Crippen LogP contribution in [0.3, 0.4) is 0 Å². The number of aromatic nitrogens is 2. The highest BCUT2D eigenvalue weighted by Crippen LogP contribution is 2.18. The standard InChI is InChI=1S/C15H21N3O2/c1-4-10-17-13(5-2)14(16)15(19)18(17)11-6-8-12(20-3)9-7-11/h6-9H,4-5,10,16H2,1-3H3. The Morgan fingerprint density at radius 2 is 1.85 bits per heavy atom. The fourth-order valence-corrected chi connectivity index (χ4v) is 2.41. The van der Waals surface area contributed by atoms with E-state index in [-0.39, 0.29) is 5.56 Å². The minimum absolute atomic E-state index is 0.152. The van der Waals surface area contributed by atoms with Gasteiger partial charge in [-0.05, 0) is 37.1 Å². The third kappa shape index (κ3) is 2.31. The molecule has 5 nitrogen and oxygen atoms in total. The molecule has 1 aromatic heterocycles. The normalized spacial score (nSPS) is 10.8. The lowest BCUT2D eigenvalue weighted by atomic mass is 10.3. The topological polar surface area (TPSA) is 62.2 Å². The molecule has 0 aliphatic heterocycles. The summed E-state index contributed by atoms with van der Waals surface area (Å²) in [6.45, 7) is 4.86. The van der Waals surface area contributed by atoms with Crippen LogP contribution in [-0.2, 0) is 13.0 Å². The number of anilines is 1. The van der Waals surface area contributed by atoms with E-state index in [0.29, 0.717) is 5.69 Å². The molecule has 2 rings (SSSR count). The van der Waals surface area contributed by atoms with E-state index in [9.17, 15) is 4.79 Å². The molecule has 0 spiro atoms. The zero-order valence-electron chi connectivity index (χ0n) is 12.2. The monoisotopic (exact) mass is 275 g/mol. The van der Waals surface area contributed by atoms with Gasteiger partial charge in [-0.15, -0.1) is 0 Å². The summed E-state index contributed by atoms with van der Waals surface area (Å²) in [6.07, 6.45) is 1.68. The highest BCUT2D eigenvalue weighted by Gasteiger charge is 2.16. The Bertz CT molecular complexity index is 638. The second-order valence-electron chi connectivity index (χ2n) is 4.65. The average molecular weight is 275 g/mol. The lowest BCUT2D eigenvalue weighted by Crippen LogP contribution is -2.22. The number of methoxy groups -OCH3 is 1. The summed E-state index contributed by atoms with van der Waals surface area (Å²) >= 11 is 0. The van der Waals surface area contributed by atoms with Gasteiger partial charge >= 0.3 is 0 Å². The smallest absolute Gasteiger partial charge is 0.294 e. The van der Waals surface area contributed by atoms with Crippen molar-refractivity contribution in [2.45, 2.75) is 33.2 Å². The molecular formula is C15H21N3O2. The van der Waals surface area contributed by atoms with E-state index in [0.717, 1.165) is 36.5 Å². The summed E-state index contributed by atoms with van der Waals surface area (Å²) in [6, 6.07) is 7.41. The van der Waals surface area contributed by atoms with Crippen molar-refractivity contribution >= 4 is 5.69 Å². The Hall–Kier alpha value is -2.17. The Kier molecular flexibility index (Phi) is 4.17. The van der Waals surface area contributed by atoms with Crippen LogP contribution in [0.4, 0.5) is 5.69 Å². The van der Waals surface area contributed by atoms with Crippen molar-refractivity contribution < 1.29 is 4.74 Å². The van der Waals surface area contributed by atoms with Gasteiger partial charge in [0.15, 0.2) is 0 Å². The molecule has 2 N–H and O–H groups in total. The van der Waals surface area contributed by atoms with Crippen LogP contribution in [0.25, 0.3) is 5.69 Å². The number of ether oxygens (including phenoxy) is 1. The Morgan fingerprint density at radius 3 is 2.35 bits per heavy atom. The van der Waals surface area contributed by atoms with Crippen molar-refractivity contribution in [1.82, 2.24) is 9.36 Å². The van der Waals surface area contributed by atoms with Crippen LogP contribution in [-0.4, -0.2) is 16.5 Å². The second kappa shape index (κ2) is 5.86. The van der Waals surface area contributed by atoms with Crippen molar-refractivity contribution in [2.75, 3.05) is 12.8 Å². The number of benzene rings is 1. The van der Waals surface area contributed by atoms with Gasteiger partial charge in [0.2, 0.25) is 0 Å². The molecule has 0 bridgehead atoms. The molecule has 0 aliphatic rings. The predicted molar refractivity (Wildman–Crippen MR) is 80.7 cm³/mol. The van der Waals surface area contributed by atoms with Crippen molar-refractivity contribution in [1.29, 1.82) is 0 Å². The Morgan fingerprint density at radius 1 is 1.20 bits per heavy atom. The molecule has 5 heteroatoms. The number of nitrogen functional groups attached to an aromatic ring is 1. The van der Waals surface area contributed by atoms with Gasteiger partial charge in [-0.2, -0.15) is 0 Å². The molecule has 0 aliphatic carbocycles. The molecule has 0 amide bonds. The molecule has 1 aromatic carbocycles. The number of rotatable bonds is 5. The fourth-order valence-electron chi connectivity index (χ4n) is 2.41. The van der Waals surface area contributed by atoms with Crippen LogP contribution in [0.15, 0.2) is 29.1 Å². The van der Waals surface area contributed by atoms with E-state index in [1.807, 2.05) is 35.9 Å². The van der Waals surface area contributed by atoms with Crippen LogP contribution in [0, 0.1) is 0 Å². The Balaban J connectivity index is 2.62. The summed E-state index contributed by atoms with van der Waals surface area (Å²) < 4.78 is 8.77. The molecule has 108 valence electrons. The van der Waals surface area contributed by atoms with E-state index >= 15 is 0 Å². The maximum absolute atomic E-state index is 12.4. The average Bonchev–Trinajstić information content (AvgIpc) is 2.71. The van der Waals surface area contributed by atoms with Crippen LogP contribution < -0.4 is 16.0 Å². The van der Waals surface area contributed by atoms with Crippen LogP contribution in [0.2, 0.25) is 0 Å². The van der Waals surface area contributed by atoms with Crippen LogP contribution in [0.5, 0.6) is 5.75 Å². The molecule has 0 saturated carbocycles. The van der Waals surface area contributed by atoms with E-state index in [1.54, 1.807) is 11.8 Å². The van der Waals surface area contributed by atoms with Gasteiger partial charge in [-0.25, -0.2) is 4.68 Å². The molecular weight excluding hydrogens is 254 g/mol. The maximum atomic E-state index is 12.4. The summed E-state index contributed by atoms with van der Waals surface area (Å²) in [5.74, 6) is 0.763. The number of hydrogen-bond acceptors (Lipinski definition) is 3. The number of nitrogens with two attached hydrogens (primary N) is 1. The summed E-state index contributed by atoms with van der Waals surface area (Å²) in [4.78, 5) is 12.4. The first-order valence-corrected chi connectivity index (χ1v) is 6.88. The molecule has 20 heavy (non-hydrogen) atoms. The van der Waals surface area contributed by atoms with Crippen molar-refractivity contribution in [2.24, 2.45) is 0 Å². The molecule has 0 atom stereocenters. The molecule has 0 fully saturated rings. The van der Waals surface area contributed by atoms with E-state index < -0.39 is 0 Å². The van der Waals surface area contributed by atoms with Gasteiger partial charge in [-0.3, -0.25) is 9.48 Å². The minimum Gasteiger partial charge on any atom is -0.497 e. The van der Waals surface area contributed by atoms with Crippen LogP contribution >= 0.6 is 0 Å². The Labute approximate surface area is 118 Å². The minimum atomic E-state index is -0.152. The van der Waals surface area contributed by atoms with E-state index in [2.05, 4.69) is 6.92 Å². The number of hydrogen-bond donors (Lipinski definition) is 1. The highest BCUT2D eigenvalue weighted by atomic mass is 16.5. The molecule has 0 radical (unpaired) electrons. The molecule has 1 heterocycles. The first-order valence-electron chi connectivity index (χ1n) is 6.88. The van der Waals surface area contributed by atoms with Gasteiger partial charge < -0.3 is 10.5 Å². The van der Waals surface area contributed by atoms with Gasteiger partial charge in [0, 0.05) is 6.54 Å². The SMILES string of the molecule is CCCn1c(CC)c(N)c(=O)n1-c1ccc(OC)cc1. The third-order valence-electron chi connectivity index (χ3n) is 3.37. The van der Waals surface area contributed by atoms with Crippen molar-refractivity contribution in [3.8, 4) is 11.4 Å². The predicted octanol–water partition coefficient (Wildman–Crippen LogP) is 2.20. The first-order chi connectivity index (χ1) is 9.63. The van der Waals surface area contributed by atoms with E-state index in [4.69, 9.17) is 10.5 Å². The zero-order valence-corrected chi connectivity index (χ0v) is 12.2. The lowest BCUT2D eigenvalue weighted by molar-refractivity contribution is 0.414. The molecule has 0 saturated heterocycles. The fraction of sp³-hybridized carbons (Fsp3) is 0.400.